The molecule has 4 heteroatoms. The Balaban J connectivity index is 2.11. The second-order valence-electron chi connectivity index (χ2n) is 5.60. The third-order valence-corrected chi connectivity index (χ3v) is 3.79. The van der Waals surface area contributed by atoms with Crippen molar-refractivity contribution in [3.63, 3.8) is 0 Å². The second kappa shape index (κ2) is 4.43. The summed E-state index contributed by atoms with van der Waals surface area (Å²) >= 11 is 0. The summed E-state index contributed by atoms with van der Waals surface area (Å²) in [7, 11) is 0. The van der Waals surface area contributed by atoms with Gasteiger partial charge in [0.05, 0.1) is 5.69 Å². The molecule has 17 heavy (non-hydrogen) atoms. The molecule has 1 fully saturated rings. The summed E-state index contributed by atoms with van der Waals surface area (Å²) in [6.45, 7) is 4.62. The topological polar surface area (TPSA) is 77.0 Å². The first-order valence-electron chi connectivity index (χ1n) is 6.27. The lowest BCUT2D eigenvalue weighted by atomic mass is 9.73. The van der Waals surface area contributed by atoms with Gasteiger partial charge in [0.1, 0.15) is 11.6 Å². The van der Waals surface area contributed by atoms with E-state index < -0.39 is 0 Å². The van der Waals surface area contributed by atoms with Gasteiger partial charge in [0.2, 0.25) is 0 Å². The number of hydrogen-bond acceptors (Lipinski definition) is 4. The highest BCUT2D eigenvalue weighted by Crippen LogP contribution is 2.37. The van der Waals surface area contributed by atoms with Crippen molar-refractivity contribution >= 4 is 17.3 Å². The maximum atomic E-state index is 5.72. The molecule has 1 saturated carbocycles. The van der Waals surface area contributed by atoms with Crippen LogP contribution in [0.5, 0.6) is 0 Å². The van der Waals surface area contributed by atoms with Crippen molar-refractivity contribution in [2.24, 2.45) is 5.41 Å². The van der Waals surface area contributed by atoms with Gasteiger partial charge in [-0.25, -0.2) is 4.98 Å². The predicted octanol–water partition coefficient (Wildman–Crippen LogP) is 2.63. The van der Waals surface area contributed by atoms with E-state index >= 15 is 0 Å². The average Bonchev–Trinajstić information content (AvgIpc) is 2.26. The summed E-state index contributed by atoms with van der Waals surface area (Å²) < 4.78 is 0. The highest BCUT2D eigenvalue weighted by atomic mass is 15.1. The summed E-state index contributed by atoms with van der Waals surface area (Å²) in [6, 6.07) is 4.17. The lowest BCUT2D eigenvalue weighted by molar-refractivity contribution is 0.216. The van der Waals surface area contributed by atoms with Gasteiger partial charge in [0.25, 0.3) is 0 Å². The maximum Gasteiger partial charge on any atom is 0.149 e. The first kappa shape index (κ1) is 12.0. The van der Waals surface area contributed by atoms with Crippen LogP contribution in [0.1, 0.15) is 39.5 Å². The molecule has 0 bridgehead atoms. The number of nitrogens with two attached hydrogens (primary N) is 2. The number of nitrogens with one attached hydrogen (secondary N) is 1. The summed E-state index contributed by atoms with van der Waals surface area (Å²) in [4.78, 5) is 4.27. The molecular weight excluding hydrogens is 212 g/mol. The molecular formula is C13H22N4. The Morgan fingerprint density at radius 1 is 1.29 bits per heavy atom. The van der Waals surface area contributed by atoms with Gasteiger partial charge in [-0.15, -0.1) is 0 Å². The molecule has 1 aliphatic rings. The van der Waals surface area contributed by atoms with E-state index in [2.05, 4.69) is 24.1 Å². The quantitative estimate of drug-likeness (QED) is 0.735. The Kier molecular flexibility index (Phi) is 3.13. The van der Waals surface area contributed by atoms with Crippen LogP contribution in [0.4, 0.5) is 17.3 Å². The van der Waals surface area contributed by atoms with Crippen molar-refractivity contribution in [2.75, 3.05) is 16.8 Å². The van der Waals surface area contributed by atoms with Crippen LogP contribution in [-0.2, 0) is 0 Å². The van der Waals surface area contributed by atoms with Gasteiger partial charge in [-0.2, -0.15) is 0 Å². The third-order valence-electron chi connectivity index (χ3n) is 3.79. The van der Waals surface area contributed by atoms with Crippen molar-refractivity contribution in [1.82, 2.24) is 4.98 Å². The minimum absolute atomic E-state index is 0.316. The molecule has 2 rings (SSSR count). The smallest absolute Gasteiger partial charge is 0.149 e. The minimum atomic E-state index is 0.316. The fraction of sp³-hybridized carbons (Fsp3) is 0.615. The van der Waals surface area contributed by atoms with Gasteiger partial charge in [-0.3, -0.25) is 0 Å². The van der Waals surface area contributed by atoms with E-state index in [0.717, 1.165) is 5.82 Å². The highest BCUT2D eigenvalue weighted by Gasteiger charge is 2.32. The van der Waals surface area contributed by atoms with E-state index in [-0.39, 0.29) is 0 Å². The van der Waals surface area contributed by atoms with Crippen LogP contribution in [-0.4, -0.2) is 11.0 Å². The SMILES string of the molecule is CC1(C)CCCCC1Nc1ccc(N)c(N)n1. The van der Waals surface area contributed by atoms with E-state index in [1.54, 1.807) is 6.07 Å². The normalized spacial score (nSPS) is 23.3. The molecule has 0 saturated heterocycles. The Morgan fingerprint density at radius 2 is 2.06 bits per heavy atom. The lowest BCUT2D eigenvalue weighted by Gasteiger charge is -2.39. The number of hydrogen-bond donors (Lipinski definition) is 3. The molecule has 0 aromatic carbocycles. The Hall–Kier alpha value is -1.45. The number of nitrogens with zero attached hydrogens (tertiary/aromatic N) is 1. The van der Waals surface area contributed by atoms with Gasteiger partial charge in [-0.05, 0) is 30.4 Å². The summed E-state index contributed by atoms with van der Waals surface area (Å²) in [5.41, 5.74) is 12.2. The molecule has 94 valence electrons. The molecule has 4 nitrogen and oxygen atoms in total. The number of nitrogen functional groups attached to an aromatic ring is 2. The van der Waals surface area contributed by atoms with Crippen molar-refractivity contribution < 1.29 is 0 Å². The molecule has 0 amide bonds. The summed E-state index contributed by atoms with van der Waals surface area (Å²) in [6.07, 6.45) is 5.06. The van der Waals surface area contributed by atoms with Gasteiger partial charge in [-0.1, -0.05) is 26.7 Å². The molecule has 1 atom stereocenters. The van der Waals surface area contributed by atoms with E-state index in [4.69, 9.17) is 11.5 Å². The van der Waals surface area contributed by atoms with Crippen LogP contribution >= 0.6 is 0 Å². The molecule has 5 N–H and O–H groups in total. The molecule has 1 aromatic rings. The highest BCUT2D eigenvalue weighted by molar-refractivity contribution is 5.61. The third kappa shape index (κ3) is 2.62. The molecule has 1 aliphatic carbocycles. The Morgan fingerprint density at radius 3 is 2.71 bits per heavy atom. The standard InChI is InChI=1S/C13H22N4/c1-13(2)8-4-3-5-10(13)16-11-7-6-9(14)12(15)17-11/h6-7,10H,3-5,8,14H2,1-2H3,(H3,15,16,17). The van der Waals surface area contributed by atoms with Crippen LogP contribution < -0.4 is 16.8 Å². The zero-order chi connectivity index (χ0) is 12.5. The first-order chi connectivity index (χ1) is 7.99. The van der Waals surface area contributed by atoms with Gasteiger partial charge in [0.15, 0.2) is 0 Å². The van der Waals surface area contributed by atoms with Gasteiger partial charge < -0.3 is 16.8 Å². The van der Waals surface area contributed by atoms with Gasteiger partial charge in [0, 0.05) is 6.04 Å². The molecule has 1 aromatic heterocycles. The molecule has 0 spiro atoms. The van der Waals surface area contributed by atoms with Crippen molar-refractivity contribution in [1.29, 1.82) is 0 Å². The second-order valence-corrected chi connectivity index (χ2v) is 5.60. The van der Waals surface area contributed by atoms with E-state index in [9.17, 15) is 0 Å². The predicted molar refractivity (Wildman–Crippen MR) is 72.7 cm³/mol. The van der Waals surface area contributed by atoms with Crippen molar-refractivity contribution in [3.05, 3.63) is 12.1 Å². The number of aromatic nitrogens is 1. The molecule has 0 aliphatic heterocycles. The monoisotopic (exact) mass is 234 g/mol. The molecule has 1 heterocycles. The largest absolute Gasteiger partial charge is 0.396 e. The summed E-state index contributed by atoms with van der Waals surface area (Å²) in [5.74, 6) is 1.24. The Labute approximate surface area is 103 Å². The van der Waals surface area contributed by atoms with E-state index in [1.165, 1.54) is 25.7 Å². The zero-order valence-electron chi connectivity index (χ0n) is 10.7. The molecule has 0 radical (unpaired) electrons. The van der Waals surface area contributed by atoms with E-state index in [1.807, 2.05) is 6.07 Å². The number of pyridine rings is 1. The fourth-order valence-electron chi connectivity index (χ4n) is 2.51. The maximum absolute atomic E-state index is 5.72. The van der Waals surface area contributed by atoms with Crippen molar-refractivity contribution in [2.45, 2.75) is 45.6 Å². The minimum Gasteiger partial charge on any atom is -0.396 e. The zero-order valence-corrected chi connectivity index (χ0v) is 10.7. The van der Waals surface area contributed by atoms with E-state index in [0.29, 0.717) is 23.0 Å². The summed E-state index contributed by atoms with van der Waals surface area (Å²) in [5, 5.41) is 3.49. The van der Waals surface area contributed by atoms with Crippen LogP contribution in [0.15, 0.2) is 12.1 Å². The molecule has 1 unspecified atom stereocenters. The number of rotatable bonds is 2. The van der Waals surface area contributed by atoms with Crippen LogP contribution in [0.2, 0.25) is 0 Å². The van der Waals surface area contributed by atoms with Crippen LogP contribution in [0.3, 0.4) is 0 Å². The van der Waals surface area contributed by atoms with Crippen LogP contribution in [0.25, 0.3) is 0 Å². The van der Waals surface area contributed by atoms with Crippen LogP contribution in [0, 0.1) is 5.41 Å². The van der Waals surface area contributed by atoms with Crippen molar-refractivity contribution in [3.8, 4) is 0 Å². The Bertz CT molecular complexity index is 400. The van der Waals surface area contributed by atoms with Gasteiger partial charge >= 0.3 is 0 Å². The fourth-order valence-corrected chi connectivity index (χ4v) is 2.51. The lowest BCUT2D eigenvalue weighted by Crippen LogP contribution is -2.39. The first-order valence-corrected chi connectivity index (χ1v) is 6.27. The number of anilines is 3. The average molecular weight is 234 g/mol.